The molecule has 2 aliphatic rings. The molecule has 5 nitrogen and oxygen atoms in total. The van der Waals surface area contributed by atoms with Crippen LogP contribution in [0.15, 0.2) is 24.5 Å². The second kappa shape index (κ2) is 8.07. The van der Waals surface area contributed by atoms with E-state index in [-0.39, 0.29) is 6.04 Å². The third-order valence-corrected chi connectivity index (χ3v) is 6.00. The molecule has 29 heavy (non-hydrogen) atoms. The van der Waals surface area contributed by atoms with Gasteiger partial charge in [-0.25, -0.2) is 0 Å². The van der Waals surface area contributed by atoms with Crippen molar-refractivity contribution in [3.05, 3.63) is 35.8 Å². The molecule has 1 saturated heterocycles. The first-order valence-corrected chi connectivity index (χ1v) is 10.3. The van der Waals surface area contributed by atoms with Gasteiger partial charge in [-0.05, 0) is 45.2 Å². The normalized spacial score (nSPS) is 23.8. The van der Waals surface area contributed by atoms with E-state index in [0.717, 1.165) is 63.5 Å². The van der Waals surface area contributed by atoms with E-state index < -0.39 is 11.7 Å². The summed E-state index contributed by atoms with van der Waals surface area (Å²) in [6.07, 6.45) is 1.15. The van der Waals surface area contributed by atoms with Crippen LogP contribution >= 0.6 is 0 Å². The average molecular weight is 408 g/mol. The summed E-state index contributed by atoms with van der Waals surface area (Å²) in [7, 11) is 0. The zero-order valence-corrected chi connectivity index (χ0v) is 16.8. The number of morpholine rings is 1. The van der Waals surface area contributed by atoms with Gasteiger partial charge >= 0.3 is 6.18 Å². The molecule has 2 aromatic rings. The van der Waals surface area contributed by atoms with Gasteiger partial charge in [0.15, 0.2) is 0 Å². The van der Waals surface area contributed by atoms with Crippen molar-refractivity contribution in [3.63, 3.8) is 0 Å². The van der Waals surface area contributed by atoms with E-state index in [1.165, 1.54) is 6.20 Å². The Morgan fingerprint density at radius 3 is 2.55 bits per heavy atom. The highest BCUT2D eigenvalue weighted by atomic mass is 19.4. The summed E-state index contributed by atoms with van der Waals surface area (Å²) in [5.41, 5.74) is 1.33. The fourth-order valence-corrected chi connectivity index (χ4v) is 4.50. The molecule has 0 spiro atoms. The Bertz CT molecular complexity index is 843. The van der Waals surface area contributed by atoms with Gasteiger partial charge in [0.05, 0.1) is 24.5 Å². The maximum Gasteiger partial charge on any atom is 0.417 e. The van der Waals surface area contributed by atoms with Gasteiger partial charge in [0.1, 0.15) is 0 Å². The zero-order chi connectivity index (χ0) is 20.6. The largest absolute Gasteiger partial charge is 0.417 e. The Hall–Kier alpha value is -1.93. The highest BCUT2D eigenvalue weighted by molar-refractivity contribution is 5.59. The molecule has 0 bridgehead atoms. The van der Waals surface area contributed by atoms with Crippen LogP contribution in [0.2, 0.25) is 0 Å². The molecule has 0 aromatic carbocycles. The second-order valence-corrected chi connectivity index (χ2v) is 8.26. The molecule has 1 aliphatic heterocycles. The Labute approximate surface area is 168 Å². The van der Waals surface area contributed by atoms with Crippen LogP contribution in [0, 0.1) is 0 Å². The highest BCUT2D eigenvalue weighted by Gasteiger charge is 2.34. The number of ether oxygens (including phenoxy) is 1. The van der Waals surface area contributed by atoms with Gasteiger partial charge in [-0.2, -0.15) is 18.3 Å². The molecular weight excluding hydrogens is 381 g/mol. The van der Waals surface area contributed by atoms with Crippen molar-refractivity contribution in [1.82, 2.24) is 19.7 Å². The van der Waals surface area contributed by atoms with Crippen LogP contribution < -0.4 is 0 Å². The van der Waals surface area contributed by atoms with Crippen LogP contribution in [0.3, 0.4) is 0 Å². The van der Waals surface area contributed by atoms with Crippen molar-refractivity contribution in [3.8, 4) is 11.3 Å². The Morgan fingerprint density at radius 2 is 1.86 bits per heavy atom. The monoisotopic (exact) mass is 408 g/mol. The lowest BCUT2D eigenvalue weighted by molar-refractivity contribution is -0.137. The first-order chi connectivity index (χ1) is 13.8. The van der Waals surface area contributed by atoms with Crippen LogP contribution in [0.5, 0.6) is 0 Å². The molecule has 2 fully saturated rings. The lowest BCUT2D eigenvalue weighted by atomic mass is 10.0. The molecule has 1 saturated carbocycles. The first kappa shape index (κ1) is 20.3. The number of hydrogen-bond acceptors (Lipinski definition) is 4. The van der Waals surface area contributed by atoms with Gasteiger partial charge in [0.2, 0.25) is 0 Å². The van der Waals surface area contributed by atoms with Gasteiger partial charge in [-0.3, -0.25) is 14.6 Å². The van der Waals surface area contributed by atoms with Crippen LogP contribution in [-0.2, 0) is 10.9 Å². The minimum Gasteiger partial charge on any atom is -0.379 e. The van der Waals surface area contributed by atoms with Crippen LogP contribution in [0.1, 0.15) is 56.3 Å². The molecular formula is C21H27F3N4O. The molecule has 8 heteroatoms. The third-order valence-electron chi connectivity index (χ3n) is 6.00. The molecule has 1 aliphatic carbocycles. The SMILES string of the molecule is CC(C)n1nc(-c2cncc(C(F)(F)F)c2)cc1[C@@H]1CC[C@H](N2CCOCC2)C1. The Balaban J connectivity index is 1.59. The number of rotatable bonds is 4. The summed E-state index contributed by atoms with van der Waals surface area (Å²) in [6.45, 7) is 7.64. The smallest absolute Gasteiger partial charge is 0.379 e. The molecule has 158 valence electrons. The summed E-state index contributed by atoms with van der Waals surface area (Å²) in [6, 6.07) is 3.77. The van der Waals surface area contributed by atoms with E-state index >= 15 is 0 Å². The standard InChI is InChI=1S/C21H27F3N4O/c1-14(2)28-20(15-3-4-18(10-15)27-5-7-29-8-6-27)11-19(26-28)16-9-17(13-25-12-16)21(22,23)24/h9,11-15,18H,3-8,10H2,1-2H3/t15-,18+/m1/s1. The first-order valence-electron chi connectivity index (χ1n) is 10.3. The van der Waals surface area contributed by atoms with Crippen molar-refractivity contribution in [1.29, 1.82) is 0 Å². The predicted molar refractivity (Wildman–Crippen MR) is 104 cm³/mol. The van der Waals surface area contributed by atoms with Crippen LogP contribution in [0.25, 0.3) is 11.3 Å². The molecule has 0 radical (unpaired) electrons. The van der Waals surface area contributed by atoms with E-state index in [4.69, 9.17) is 4.74 Å². The lowest BCUT2D eigenvalue weighted by Crippen LogP contribution is -2.42. The summed E-state index contributed by atoms with van der Waals surface area (Å²) in [5, 5.41) is 4.66. The van der Waals surface area contributed by atoms with Gasteiger partial charge < -0.3 is 4.74 Å². The molecule has 0 unspecified atom stereocenters. The average Bonchev–Trinajstić information content (AvgIpc) is 3.35. The number of hydrogen-bond donors (Lipinski definition) is 0. The fourth-order valence-electron chi connectivity index (χ4n) is 4.50. The summed E-state index contributed by atoms with van der Waals surface area (Å²) >= 11 is 0. The van der Waals surface area contributed by atoms with Gasteiger partial charge in [-0.15, -0.1) is 0 Å². The van der Waals surface area contributed by atoms with Crippen molar-refractivity contribution in [2.45, 2.75) is 57.3 Å². The van der Waals surface area contributed by atoms with Crippen molar-refractivity contribution < 1.29 is 17.9 Å². The topological polar surface area (TPSA) is 43.2 Å². The number of pyridine rings is 1. The van der Waals surface area contributed by atoms with E-state index in [0.29, 0.717) is 23.2 Å². The van der Waals surface area contributed by atoms with E-state index in [1.54, 1.807) is 0 Å². The number of nitrogens with zero attached hydrogens (tertiary/aromatic N) is 4. The summed E-state index contributed by atoms with van der Waals surface area (Å²) < 4.78 is 46.7. The van der Waals surface area contributed by atoms with Crippen LogP contribution in [0.4, 0.5) is 13.2 Å². The molecule has 3 heterocycles. The number of halogens is 3. The maximum atomic E-state index is 13.1. The van der Waals surface area contributed by atoms with E-state index in [9.17, 15) is 13.2 Å². The highest BCUT2D eigenvalue weighted by Crippen LogP contribution is 2.39. The maximum absolute atomic E-state index is 13.1. The minimum atomic E-state index is -4.41. The van der Waals surface area contributed by atoms with Crippen molar-refractivity contribution in [2.75, 3.05) is 26.3 Å². The van der Waals surface area contributed by atoms with E-state index in [2.05, 4.69) is 28.8 Å². The molecule has 0 N–H and O–H groups in total. The van der Waals surface area contributed by atoms with Crippen LogP contribution in [-0.4, -0.2) is 52.0 Å². The number of aromatic nitrogens is 3. The third kappa shape index (κ3) is 4.33. The van der Waals surface area contributed by atoms with E-state index in [1.807, 2.05) is 10.7 Å². The second-order valence-electron chi connectivity index (χ2n) is 8.26. The predicted octanol–water partition coefficient (Wildman–Crippen LogP) is 4.51. The van der Waals surface area contributed by atoms with Crippen molar-refractivity contribution in [2.24, 2.45) is 0 Å². The van der Waals surface area contributed by atoms with Gasteiger partial charge in [0.25, 0.3) is 0 Å². The molecule has 2 atom stereocenters. The molecule has 4 rings (SSSR count). The Morgan fingerprint density at radius 1 is 1.10 bits per heavy atom. The number of alkyl halides is 3. The fraction of sp³-hybridized carbons (Fsp3) is 0.619. The molecule has 2 aromatic heterocycles. The molecule has 0 amide bonds. The Kier molecular flexibility index (Phi) is 5.66. The summed E-state index contributed by atoms with van der Waals surface area (Å²) in [4.78, 5) is 6.31. The van der Waals surface area contributed by atoms with Gasteiger partial charge in [0, 0.05) is 54.7 Å². The lowest BCUT2D eigenvalue weighted by Gasteiger charge is -2.32. The van der Waals surface area contributed by atoms with Gasteiger partial charge in [-0.1, -0.05) is 0 Å². The zero-order valence-electron chi connectivity index (χ0n) is 16.8. The summed E-state index contributed by atoms with van der Waals surface area (Å²) in [5.74, 6) is 0.366. The minimum absolute atomic E-state index is 0.139. The quantitative estimate of drug-likeness (QED) is 0.747. The van der Waals surface area contributed by atoms with Crippen molar-refractivity contribution >= 4 is 0 Å².